The zero-order valence-corrected chi connectivity index (χ0v) is 11.7. The maximum atomic E-state index is 12.3. The van der Waals surface area contributed by atoms with Crippen LogP contribution in [0, 0.1) is 0 Å². The van der Waals surface area contributed by atoms with E-state index in [1.54, 1.807) is 0 Å². The van der Waals surface area contributed by atoms with Gasteiger partial charge in [0.05, 0.1) is 16.7 Å². The van der Waals surface area contributed by atoms with Crippen LogP contribution in [0.3, 0.4) is 0 Å². The third kappa shape index (κ3) is 3.39. The molecule has 1 aliphatic rings. The summed E-state index contributed by atoms with van der Waals surface area (Å²) in [5, 5.41) is 2.90. The van der Waals surface area contributed by atoms with Gasteiger partial charge in [0.1, 0.15) is 0 Å². The van der Waals surface area contributed by atoms with Crippen molar-refractivity contribution >= 4 is 17.7 Å². The lowest BCUT2D eigenvalue weighted by atomic mass is 9.94. The molecule has 0 heterocycles. The van der Waals surface area contributed by atoms with Crippen LogP contribution in [-0.2, 0) is 0 Å². The summed E-state index contributed by atoms with van der Waals surface area (Å²) in [5.41, 5.74) is 10.5. The molecule has 6 heteroatoms. The Bertz CT molecular complexity index is 578. The van der Waals surface area contributed by atoms with Gasteiger partial charge < -0.3 is 16.8 Å². The van der Waals surface area contributed by atoms with Gasteiger partial charge in [-0.15, -0.1) is 0 Å². The number of hydrogen-bond acceptors (Lipinski definition) is 3. The third-order valence-corrected chi connectivity index (χ3v) is 3.76. The number of hydrogen-bond donors (Lipinski definition) is 3. The molecule has 0 saturated heterocycles. The molecule has 21 heavy (non-hydrogen) atoms. The van der Waals surface area contributed by atoms with E-state index in [0.29, 0.717) is 0 Å². The molecule has 1 fully saturated rings. The summed E-state index contributed by atoms with van der Waals surface area (Å²) < 4.78 is 0. The zero-order chi connectivity index (χ0) is 15.4. The van der Waals surface area contributed by atoms with Gasteiger partial charge in [-0.25, -0.2) is 0 Å². The van der Waals surface area contributed by atoms with E-state index in [4.69, 9.17) is 11.5 Å². The average molecular weight is 289 g/mol. The Labute approximate surface area is 122 Å². The minimum Gasteiger partial charge on any atom is -0.366 e. The van der Waals surface area contributed by atoms with Gasteiger partial charge in [0.15, 0.2) is 0 Å². The van der Waals surface area contributed by atoms with E-state index in [1.807, 2.05) is 0 Å². The molecule has 0 bridgehead atoms. The Kier molecular flexibility index (Phi) is 4.57. The smallest absolute Gasteiger partial charge is 0.252 e. The molecule has 6 nitrogen and oxygen atoms in total. The Morgan fingerprint density at radius 3 is 2.14 bits per heavy atom. The molecule has 0 atom stereocenters. The topological polar surface area (TPSA) is 115 Å². The normalized spacial score (nSPS) is 15.4. The first kappa shape index (κ1) is 15.0. The summed E-state index contributed by atoms with van der Waals surface area (Å²) in [6.45, 7) is 0. The van der Waals surface area contributed by atoms with Crippen LogP contribution in [0.4, 0.5) is 0 Å². The predicted octanol–water partition coefficient (Wildman–Crippen LogP) is 0.947. The van der Waals surface area contributed by atoms with E-state index in [0.717, 1.165) is 25.7 Å². The van der Waals surface area contributed by atoms with Crippen molar-refractivity contribution in [3.63, 3.8) is 0 Å². The molecule has 0 unspecified atom stereocenters. The van der Waals surface area contributed by atoms with Crippen molar-refractivity contribution in [3.8, 4) is 0 Å². The highest BCUT2D eigenvalue weighted by Gasteiger charge is 2.23. The molecule has 0 aliphatic heterocycles. The summed E-state index contributed by atoms with van der Waals surface area (Å²) in [6.07, 6.45) is 5.18. The second-order valence-corrected chi connectivity index (χ2v) is 5.27. The molecule has 1 aliphatic carbocycles. The van der Waals surface area contributed by atoms with E-state index in [9.17, 15) is 14.4 Å². The predicted molar refractivity (Wildman–Crippen MR) is 77.8 cm³/mol. The van der Waals surface area contributed by atoms with Gasteiger partial charge in [0.2, 0.25) is 11.8 Å². The highest BCUT2D eigenvalue weighted by atomic mass is 16.2. The SMILES string of the molecule is NC(=O)c1cccc(C(=O)NC2CCCCC2)c1C(N)=O. The van der Waals surface area contributed by atoms with E-state index in [-0.39, 0.29) is 28.6 Å². The molecule has 0 radical (unpaired) electrons. The fraction of sp³-hybridized carbons (Fsp3) is 0.400. The Hall–Kier alpha value is -2.37. The van der Waals surface area contributed by atoms with Crippen molar-refractivity contribution in [3.05, 3.63) is 34.9 Å². The number of carbonyl (C=O) groups excluding carboxylic acids is 3. The van der Waals surface area contributed by atoms with Crippen molar-refractivity contribution in [1.29, 1.82) is 0 Å². The lowest BCUT2D eigenvalue weighted by molar-refractivity contribution is 0.0912. The van der Waals surface area contributed by atoms with Gasteiger partial charge in [-0.05, 0) is 25.0 Å². The van der Waals surface area contributed by atoms with Gasteiger partial charge in [0, 0.05) is 6.04 Å². The standard InChI is InChI=1S/C15H19N3O3/c16-13(19)10-7-4-8-11(12(10)14(17)20)15(21)18-9-5-2-1-3-6-9/h4,7-9H,1-3,5-6H2,(H2,16,19)(H2,17,20)(H,18,21). The maximum absolute atomic E-state index is 12.3. The number of carbonyl (C=O) groups is 3. The van der Waals surface area contributed by atoms with Crippen molar-refractivity contribution < 1.29 is 14.4 Å². The van der Waals surface area contributed by atoms with Crippen LogP contribution in [0.2, 0.25) is 0 Å². The van der Waals surface area contributed by atoms with Gasteiger partial charge in [0.25, 0.3) is 5.91 Å². The Morgan fingerprint density at radius 1 is 0.952 bits per heavy atom. The Balaban J connectivity index is 2.29. The van der Waals surface area contributed by atoms with Crippen LogP contribution in [0.1, 0.15) is 63.2 Å². The molecule has 2 rings (SSSR count). The second-order valence-electron chi connectivity index (χ2n) is 5.27. The van der Waals surface area contributed by atoms with E-state index in [2.05, 4.69) is 5.32 Å². The highest BCUT2D eigenvalue weighted by molar-refractivity contribution is 6.13. The number of nitrogens with two attached hydrogens (primary N) is 2. The number of benzene rings is 1. The molecule has 3 amide bonds. The molecule has 1 saturated carbocycles. The van der Waals surface area contributed by atoms with Crippen molar-refractivity contribution in [2.45, 2.75) is 38.1 Å². The second kappa shape index (κ2) is 6.39. The fourth-order valence-corrected chi connectivity index (χ4v) is 2.72. The maximum Gasteiger partial charge on any atom is 0.252 e. The minimum atomic E-state index is -0.835. The van der Waals surface area contributed by atoms with Gasteiger partial charge >= 0.3 is 0 Å². The molecule has 0 aromatic heterocycles. The van der Waals surface area contributed by atoms with E-state index < -0.39 is 11.8 Å². The van der Waals surface area contributed by atoms with Crippen LogP contribution < -0.4 is 16.8 Å². The van der Waals surface area contributed by atoms with E-state index in [1.165, 1.54) is 24.6 Å². The van der Waals surface area contributed by atoms with Crippen LogP contribution in [0.15, 0.2) is 18.2 Å². The van der Waals surface area contributed by atoms with Gasteiger partial charge in [-0.1, -0.05) is 25.3 Å². The minimum absolute atomic E-state index is 0.0289. The first-order valence-electron chi connectivity index (χ1n) is 7.04. The quantitative estimate of drug-likeness (QED) is 0.766. The first-order valence-corrected chi connectivity index (χ1v) is 7.04. The average Bonchev–Trinajstić information content (AvgIpc) is 2.47. The third-order valence-electron chi connectivity index (χ3n) is 3.76. The van der Waals surface area contributed by atoms with Crippen molar-refractivity contribution in [1.82, 2.24) is 5.32 Å². The van der Waals surface area contributed by atoms with Crippen molar-refractivity contribution in [2.75, 3.05) is 0 Å². The van der Waals surface area contributed by atoms with Crippen LogP contribution >= 0.6 is 0 Å². The zero-order valence-electron chi connectivity index (χ0n) is 11.7. The van der Waals surface area contributed by atoms with Crippen LogP contribution in [0.25, 0.3) is 0 Å². The monoisotopic (exact) mass is 289 g/mol. The molecule has 112 valence electrons. The Morgan fingerprint density at radius 2 is 1.57 bits per heavy atom. The molecular formula is C15H19N3O3. The summed E-state index contributed by atoms with van der Waals surface area (Å²) in [6, 6.07) is 4.48. The first-order chi connectivity index (χ1) is 10.0. The van der Waals surface area contributed by atoms with Gasteiger partial charge in [-0.3, -0.25) is 14.4 Å². The highest BCUT2D eigenvalue weighted by Crippen LogP contribution is 2.19. The summed E-state index contributed by atoms with van der Waals surface area (Å²) >= 11 is 0. The molecule has 1 aromatic carbocycles. The number of primary amides is 2. The molecule has 5 N–H and O–H groups in total. The fourth-order valence-electron chi connectivity index (χ4n) is 2.72. The molecular weight excluding hydrogens is 270 g/mol. The number of rotatable bonds is 4. The van der Waals surface area contributed by atoms with Crippen LogP contribution in [-0.4, -0.2) is 23.8 Å². The largest absolute Gasteiger partial charge is 0.366 e. The number of amides is 3. The lowest BCUT2D eigenvalue weighted by Crippen LogP contribution is -2.37. The molecule has 1 aromatic rings. The lowest BCUT2D eigenvalue weighted by Gasteiger charge is -2.23. The summed E-state index contributed by atoms with van der Waals surface area (Å²) in [4.78, 5) is 35.3. The number of nitrogens with one attached hydrogen (secondary N) is 1. The van der Waals surface area contributed by atoms with Crippen molar-refractivity contribution in [2.24, 2.45) is 11.5 Å². The van der Waals surface area contributed by atoms with E-state index >= 15 is 0 Å². The molecule has 0 spiro atoms. The summed E-state index contributed by atoms with van der Waals surface area (Å²) in [5.74, 6) is -2.01. The summed E-state index contributed by atoms with van der Waals surface area (Å²) in [7, 11) is 0. The van der Waals surface area contributed by atoms with Gasteiger partial charge in [-0.2, -0.15) is 0 Å². The van der Waals surface area contributed by atoms with Crippen LogP contribution in [0.5, 0.6) is 0 Å².